The maximum Gasteiger partial charge on any atom is 0.242 e. The summed E-state index contributed by atoms with van der Waals surface area (Å²) in [6.45, 7) is 3.27. The Labute approximate surface area is 101 Å². The third-order valence-corrected chi connectivity index (χ3v) is 2.15. The van der Waals surface area contributed by atoms with E-state index in [1.54, 1.807) is 6.20 Å². The summed E-state index contributed by atoms with van der Waals surface area (Å²) in [5.41, 5.74) is 6.09. The van der Waals surface area contributed by atoms with Crippen molar-refractivity contribution in [3.8, 4) is 0 Å². The first-order valence-corrected chi connectivity index (χ1v) is 5.54. The van der Waals surface area contributed by atoms with Crippen LogP contribution < -0.4 is 11.1 Å². The van der Waals surface area contributed by atoms with Crippen LogP contribution in [0.25, 0.3) is 0 Å². The fourth-order valence-corrected chi connectivity index (χ4v) is 1.57. The molecular weight excluding hydrogens is 220 g/mol. The van der Waals surface area contributed by atoms with Crippen molar-refractivity contribution in [1.82, 2.24) is 25.2 Å². The molecule has 96 valence electrons. The summed E-state index contributed by atoms with van der Waals surface area (Å²) < 4.78 is 1.49. The molecule has 1 unspecified atom stereocenters. The minimum Gasteiger partial charge on any atom is -0.351 e. The van der Waals surface area contributed by atoms with Gasteiger partial charge in [0.25, 0.3) is 0 Å². The summed E-state index contributed by atoms with van der Waals surface area (Å²) in [6.07, 6.45) is 1.68. The predicted molar refractivity (Wildman–Crippen MR) is 64.1 cm³/mol. The molecule has 0 aromatic carbocycles. The average Bonchev–Trinajstić information content (AvgIpc) is 2.63. The van der Waals surface area contributed by atoms with Crippen LogP contribution in [0.4, 0.5) is 0 Å². The number of carbonyl (C=O) groups excluding carboxylic acids is 1. The number of nitrogens with one attached hydrogen (secondary N) is 1. The maximum atomic E-state index is 11.7. The second-order valence-corrected chi connectivity index (χ2v) is 4.34. The molecule has 0 saturated carbocycles. The Hall–Kier alpha value is -1.47. The zero-order valence-corrected chi connectivity index (χ0v) is 10.6. The number of hydrogen-bond acceptors (Lipinski definition) is 5. The van der Waals surface area contributed by atoms with Gasteiger partial charge >= 0.3 is 0 Å². The number of nitrogens with two attached hydrogens (primary N) is 1. The van der Waals surface area contributed by atoms with Crippen molar-refractivity contribution >= 4 is 5.91 Å². The van der Waals surface area contributed by atoms with Crippen molar-refractivity contribution in [2.75, 3.05) is 20.6 Å². The van der Waals surface area contributed by atoms with Gasteiger partial charge in [0.2, 0.25) is 5.91 Å². The molecule has 0 saturated heterocycles. The van der Waals surface area contributed by atoms with E-state index >= 15 is 0 Å². The highest BCUT2D eigenvalue weighted by molar-refractivity contribution is 5.75. The summed E-state index contributed by atoms with van der Waals surface area (Å²) in [5, 5.41) is 10.5. The largest absolute Gasteiger partial charge is 0.351 e. The van der Waals surface area contributed by atoms with E-state index in [-0.39, 0.29) is 18.5 Å². The van der Waals surface area contributed by atoms with Gasteiger partial charge in [-0.05, 0) is 21.0 Å². The zero-order chi connectivity index (χ0) is 12.8. The van der Waals surface area contributed by atoms with Crippen LogP contribution in [0.15, 0.2) is 6.20 Å². The highest BCUT2D eigenvalue weighted by Gasteiger charge is 2.09. The molecular formula is C10H20N6O. The molecule has 0 radical (unpaired) electrons. The lowest BCUT2D eigenvalue weighted by Crippen LogP contribution is -2.41. The first kappa shape index (κ1) is 13.6. The lowest BCUT2D eigenvalue weighted by molar-refractivity contribution is -0.122. The van der Waals surface area contributed by atoms with Crippen molar-refractivity contribution < 1.29 is 4.79 Å². The second-order valence-electron chi connectivity index (χ2n) is 4.34. The SMILES string of the molecule is CC(CN(C)C)NC(=O)Cn1cc(CN)nn1. The number of carbonyl (C=O) groups is 1. The summed E-state index contributed by atoms with van der Waals surface area (Å²) >= 11 is 0. The number of hydrogen-bond donors (Lipinski definition) is 2. The molecule has 1 rings (SSSR count). The van der Waals surface area contributed by atoms with E-state index in [1.807, 2.05) is 25.9 Å². The predicted octanol–water partition coefficient (Wildman–Crippen LogP) is -1.20. The number of rotatable bonds is 6. The number of nitrogens with zero attached hydrogens (tertiary/aromatic N) is 4. The van der Waals surface area contributed by atoms with Crippen molar-refractivity contribution in [2.45, 2.75) is 26.1 Å². The lowest BCUT2D eigenvalue weighted by Gasteiger charge is -2.18. The van der Waals surface area contributed by atoms with Gasteiger partial charge in [-0.25, -0.2) is 4.68 Å². The van der Waals surface area contributed by atoms with E-state index in [2.05, 4.69) is 15.6 Å². The van der Waals surface area contributed by atoms with E-state index < -0.39 is 0 Å². The van der Waals surface area contributed by atoms with Crippen molar-refractivity contribution in [1.29, 1.82) is 0 Å². The van der Waals surface area contributed by atoms with Crippen LogP contribution in [0.1, 0.15) is 12.6 Å². The van der Waals surface area contributed by atoms with E-state index in [9.17, 15) is 4.79 Å². The Bertz CT molecular complexity index is 361. The van der Waals surface area contributed by atoms with Gasteiger partial charge in [-0.15, -0.1) is 5.10 Å². The molecule has 0 aliphatic heterocycles. The quantitative estimate of drug-likeness (QED) is 0.652. The van der Waals surface area contributed by atoms with Gasteiger partial charge in [0, 0.05) is 19.1 Å². The fourth-order valence-electron chi connectivity index (χ4n) is 1.57. The van der Waals surface area contributed by atoms with Crippen molar-refractivity contribution in [2.24, 2.45) is 5.73 Å². The van der Waals surface area contributed by atoms with Gasteiger partial charge < -0.3 is 16.0 Å². The Balaban J connectivity index is 2.38. The van der Waals surface area contributed by atoms with Gasteiger partial charge in [0.1, 0.15) is 6.54 Å². The normalized spacial score (nSPS) is 12.8. The van der Waals surface area contributed by atoms with Gasteiger partial charge in [-0.2, -0.15) is 0 Å². The first-order valence-electron chi connectivity index (χ1n) is 5.54. The molecule has 1 aromatic rings. The van der Waals surface area contributed by atoms with E-state index in [1.165, 1.54) is 4.68 Å². The van der Waals surface area contributed by atoms with E-state index in [0.29, 0.717) is 12.2 Å². The number of amides is 1. The standard InChI is InChI=1S/C10H20N6O/c1-8(5-15(2)3)12-10(17)7-16-6-9(4-11)13-14-16/h6,8H,4-5,7,11H2,1-3H3,(H,12,17). The summed E-state index contributed by atoms with van der Waals surface area (Å²) in [5.74, 6) is -0.0761. The number of aromatic nitrogens is 3. The molecule has 0 aliphatic rings. The van der Waals surface area contributed by atoms with Gasteiger partial charge in [0.15, 0.2) is 0 Å². The summed E-state index contributed by atoms with van der Waals surface area (Å²) in [7, 11) is 3.93. The van der Waals surface area contributed by atoms with E-state index in [4.69, 9.17) is 5.73 Å². The molecule has 0 spiro atoms. The van der Waals surface area contributed by atoms with Gasteiger partial charge in [-0.1, -0.05) is 5.21 Å². The topological polar surface area (TPSA) is 89.1 Å². The molecule has 7 heteroatoms. The Morgan fingerprint density at radius 3 is 2.88 bits per heavy atom. The van der Waals surface area contributed by atoms with Crippen LogP contribution in [0.5, 0.6) is 0 Å². The van der Waals surface area contributed by atoms with Crippen LogP contribution in [0, 0.1) is 0 Å². The second kappa shape index (κ2) is 6.31. The fraction of sp³-hybridized carbons (Fsp3) is 0.700. The molecule has 3 N–H and O–H groups in total. The van der Waals surface area contributed by atoms with Crippen molar-refractivity contribution in [3.05, 3.63) is 11.9 Å². The van der Waals surface area contributed by atoms with Crippen LogP contribution in [-0.4, -0.2) is 52.5 Å². The van der Waals surface area contributed by atoms with Gasteiger partial charge in [0.05, 0.1) is 11.9 Å². The van der Waals surface area contributed by atoms with Crippen LogP contribution in [0.3, 0.4) is 0 Å². The Kier molecular flexibility index (Phi) is 5.05. The lowest BCUT2D eigenvalue weighted by atomic mass is 10.3. The molecule has 17 heavy (non-hydrogen) atoms. The van der Waals surface area contributed by atoms with Gasteiger partial charge in [-0.3, -0.25) is 4.79 Å². The van der Waals surface area contributed by atoms with Crippen LogP contribution >= 0.6 is 0 Å². The molecule has 1 atom stereocenters. The molecule has 0 aliphatic carbocycles. The zero-order valence-electron chi connectivity index (χ0n) is 10.6. The highest BCUT2D eigenvalue weighted by atomic mass is 16.2. The van der Waals surface area contributed by atoms with Crippen LogP contribution in [0.2, 0.25) is 0 Å². The smallest absolute Gasteiger partial charge is 0.242 e. The molecule has 0 bridgehead atoms. The molecule has 1 amide bonds. The summed E-state index contributed by atoms with van der Waals surface area (Å²) in [6, 6.07) is 0.106. The minimum atomic E-state index is -0.0761. The highest BCUT2D eigenvalue weighted by Crippen LogP contribution is 1.92. The number of likely N-dealkylation sites (N-methyl/N-ethyl adjacent to an activating group) is 1. The molecule has 1 aromatic heterocycles. The first-order chi connectivity index (χ1) is 8.01. The molecule has 7 nitrogen and oxygen atoms in total. The monoisotopic (exact) mass is 240 g/mol. The molecule has 1 heterocycles. The van der Waals surface area contributed by atoms with Crippen LogP contribution in [-0.2, 0) is 17.9 Å². The van der Waals surface area contributed by atoms with Crippen molar-refractivity contribution in [3.63, 3.8) is 0 Å². The maximum absolute atomic E-state index is 11.7. The molecule has 0 fully saturated rings. The summed E-state index contributed by atoms with van der Waals surface area (Å²) in [4.78, 5) is 13.7. The minimum absolute atomic E-state index is 0.0761. The third-order valence-electron chi connectivity index (χ3n) is 2.15. The van der Waals surface area contributed by atoms with E-state index in [0.717, 1.165) is 6.54 Å². The third kappa shape index (κ3) is 4.92. The Morgan fingerprint density at radius 1 is 1.65 bits per heavy atom. The average molecular weight is 240 g/mol. The Morgan fingerprint density at radius 2 is 2.35 bits per heavy atom.